The number of ketones is 1. The Morgan fingerprint density at radius 1 is 0.889 bits per heavy atom. The maximum Gasteiger partial charge on any atom is 0.263 e. The second-order valence-corrected chi connectivity index (χ2v) is 10.9. The van der Waals surface area contributed by atoms with Crippen LogP contribution in [0.3, 0.4) is 0 Å². The Morgan fingerprint density at radius 3 is 2.44 bits per heavy atom. The molecule has 190 valence electrons. The number of carbonyl (C=O) groups is 2. The topological polar surface area (TPSA) is 65.1 Å². The van der Waals surface area contributed by atoms with E-state index in [1.807, 2.05) is 17.0 Å². The second kappa shape index (κ2) is 10.3. The molecule has 2 aromatic rings. The first-order valence-electron chi connectivity index (χ1n) is 13.6. The summed E-state index contributed by atoms with van der Waals surface area (Å²) in [4.78, 5) is 27.6. The molecule has 4 aliphatic rings. The number of Topliss-reactive ketones (excluding diaryl/α,β-unsaturated/α-hetero) is 1. The molecule has 1 amide bonds. The Bertz CT molecular complexity index is 1100. The van der Waals surface area contributed by atoms with E-state index in [4.69, 9.17) is 14.2 Å². The van der Waals surface area contributed by atoms with E-state index in [0.717, 1.165) is 36.5 Å². The first-order chi connectivity index (χ1) is 17.6. The molecule has 6 nitrogen and oxygen atoms in total. The van der Waals surface area contributed by atoms with Crippen molar-refractivity contribution in [1.82, 2.24) is 4.90 Å². The Balaban J connectivity index is 0.976. The molecule has 1 saturated carbocycles. The number of ether oxygens (including phenoxy) is 3. The number of benzene rings is 2. The van der Waals surface area contributed by atoms with Gasteiger partial charge in [-0.25, -0.2) is 0 Å². The minimum Gasteiger partial charge on any atom is -0.464 e. The number of carbonyl (C=O) groups excluding carboxylic acids is 2. The van der Waals surface area contributed by atoms with Crippen LogP contribution in [0.15, 0.2) is 42.5 Å². The van der Waals surface area contributed by atoms with Gasteiger partial charge in [0.05, 0.1) is 6.42 Å². The van der Waals surface area contributed by atoms with Crippen LogP contribution in [0.5, 0.6) is 11.5 Å². The number of nitrogens with zero attached hydrogens (tertiary/aromatic N) is 1. The van der Waals surface area contributed by atoms with Gasteiger partial charge in [0.15, 0.2) is 0 Å². The van der Waals surface area contributed by atoms with Crippen molar-refractivity contribution in [1.29, 1.82) is 0 Å². The molecule has 3 heterocycles. The van der Waals surface area contributed by atoms with Crippen molar-refractivity contribution in [3.63, 3.8) is 0 Å². The quantitative estimate of drug-likeness (QED) is 0.524. The number of likely N-dealkylation sites (tertiary alicyclic amines) is 1. The van der Waals surface area contributed by atoms with Gasteiger partial charge in [-0.15, -0.1) is 0 Å². The van der Waals surface area contributed by atoms with Crippen molar-refractivity contribution in [2.24, 2.45) is 5.92 Å². The van der Waals surface area contributed by atoms with Gasteiger partial charge in [0.1, 0.15) is 11.5 Å². The molecule has 0 radical (unpaired) electrons. The van der Waals surface area contributed by atoms with E-state index >= 15 is 0 Å². The zero-order chi connectivity index (χ0) is 24.5. The monoisotopic (exact) mass is 489 g/mol. The molecule has 6 rings (SSSR count). The summed E-state index contributed by atoms with van der Waals surface area (Å²) in [5, 5.41) is 0. The van der Waals surface area contributed by atoms with Crippen LogP contribution in [0.4, 0.5) is 0 Å². The summed E-state index contributed by atoms with van der Waals surface area (Å²) in [6.45, 7) is 1.39. The van der Waals surface area contributed by atoms with Crippen LogP contribution in [0.2, 0.25) is 0 Å². The molecule has 2 fully saturated rings. The molecular formula is C30H35NO5. The van der Waals surface area contributed by atoms with Gasteiger partial charge in [-0.3, -0.25) is 14.3 Å². The number of hydrogen-bond acceptors (Lipinski definition) is 5. The van der Waals surface area contributed by atoms with Gasteiger partial charge in [0, 0.05) is 25.1 Å². The minimum atomic E-state index is -1.12. The van der Waals surface area contributed by atoms with Crippen LogP contribution >= 0.6 is 0 Å². The van der Waals surface area contributed by atoms with Gasteiger partial charge < -0.3 is 14.4 Å². The highest BCUT2D eigenvalue weighted by Crippen LogP contribution is 2.36. The zero-order valence-electron chi connectivity index (χ0n) is 20.8. The van der Waals surface area contributed by atoms with Crippen molar-refractivity contribution in [2.45, 2.75) is 82.7 Å². The molecule has 1 aliphatic carbocycles. The SMILES string of the molecule is O=C(CC(=O)N1CCC(Cc2ccc(C3CCCCC3)cc2)CC1)C1Oc2ccc3c(c2)CC(O3)O1. The summed E-state index contributed by atoms with van der Waals surface area (Å²) in [6.07, 6.45) is 8.45. The van der Waals surface area contributed by atoms with E-state index in [-0.39, 0.29) is 18.1 Å². The van der Waals surface area contributed by atoms with Gasteiger partial charge in [-0.2, -0.15) is 0 Å². The highest BCUT2D eigenvalue weighted by atomic mass is 16.8. The lowest BCUT2D eigenvalue weighted by Crippen LogP contribution is -2.43. The molecule has 3 aliphatic heterocycles. The Kier molecular flexibility index (Phi) is 6.70. The van der Waals surface area contributed by atoms with E-state index in [9.17, 15) is 9.59 Å². The summed E-state index contributed by atoms with van der Waals surface area (Å²) in [5.41, 5.74) is 3.90. The van der Waals surface area contributed by atoms with E-state index in [1.165, 1.54) is 43.2 Å². The lowest BCUT2D eigenvalue weighted by Gasteiger charge is -2.32. The third-order valence-electron chi connectivity index (χ3n) is 8.33. The molecule has 0 spiro atoms. The van der Waals surface area contributed by atoms with Gasteiger partial charge in [-0.1, -0.05) is 43.5 Å². The Morgan fingerprint density at radius 2 is 1.67 bits per heavy atom. The van der Waals surface area contributed by atoms with Crippen molar-refractivity contribution >= 4 is 11.7 Å². The van der Waals surface area contributed by atoms with Gasteiger partial charge >= 0.3 is 0 Å². The second-order valence-electron chi connectivity index (χ2n) is 10.9. The predicted octanol–water partition coefficient (Wildman–Crippen LogP) is 5.17. The maximum absolute atomic E-state index is 12.9. The van der Waals surface area contributed by atoms with Crippen LogP contribution in [-0.4, -0.2) is 42.3 Å². The number of hydrogen-bond donors (Lipinski definition) is 0. The molecule has 0 N–H and O–H groups in total. The van der Waals surface area contributed by atoms with Crippen molar-refractivity contribution in [2.75, 3.05) is 13.1 Å². The maximum atomic E-state index is 12.9. The number of rotatable bonds is 6. The number of fused-ring (bicyclic) bond motifs is 2. The normalized spacial score (nSPS) is 24.1. The average molecular weight is 490 g/mol. The fourth-order valence-corrected chi connectivity index (χ4v) is 6.20. The van der Waals surface area contributed by atoms with Crippen molar-refractivity contribution < 1.29 is 23.8 Å². The summed E-state index contributed by atoms with van der Waals surface area (Å²) in [6, 6.07) is 14.8. The third-order valence-corrected chi connectivity index (χ3v) is 8.33. The highest BCUT2D eigenvalue weighted by molar-refractivity contribution is 5.99. The highest BCUT2D eigenvalue weighted by Gasteiger charge is 2.35. The summed E-state index contributed by atoms with van der Waals surface area (Å²) in [5.74, 6) is 2.13. The third kappa shape index (κ3) is 5.15. The van der Waals surface area contributed by atoms with E-state index in [0.29, 0.717) is 31.2 Å². The summed E-state index contributed by atoms with van der Waals surface area (Å²) in [7, 11) is 0. The van der Waals surface area contributed by atoms with Crippen LogP contribution in [-0.2, 0) is 27.2 Å². The van der Waals surface area contributed by atoms with E-state index in [1.54, 1.807) is 6.07 Å². The largest absolute Gasteiger partial charge is 0.464 e. The minimum absolute atomic E-state index is 0.146. The molecule has 1 saturated heterocycles. The van der Waals surface area contributed by atoms with Crippen molar-refractivity contribution in [3.05, 3.63) is 59.2 Å². The molecule has 36 heavy (non-hydrogen) atoms. The van der Waals surface area contributed by atoms with Gasteiger partial charge in [-0.05, 0) is 73.3 Å². The summed E-state index contributed by atoms with van der Waals surface area (Å²) < 4.78 is 17.2. The van der Waals surface area contributed by atoms with Gasteiger partial charge in [0.2, 0.25) is 18.0 Å². The first kappa shape index (κ1) is 23.5. The van der Waals surface area contributed by atoms with Crippen molar-refractivity contribution in [3.8, 4) is 11.5 Å². The van der Waals surface area contributed by atoms with E-state index < -0.39 is 12.6 Å². The Hall–Kier alpha value is -2.86. The lowest BCUT2D eigenvalue weighted by molar-refractivity contribution is -0.187. The van der Waals surface area contributed by atoms with Crippen LogP contribution in [0, 0.1) is 5.92 Å². The lowest BCUT2D eigenvalue weighted by atomic mass is 9.83. The molecule has 6 heteroatoms. The number of piperidine rings is 1. The molecule has 0 aromatic heterocycles. The van der Waals surface area contributed by atoms with Crippen LogP contribution < -0.4 is 9.47 Å². The average Bonchev–Trinajstić information content (AvgIpc) is 3.35. The van der Waals surface area contributed by atoms with E-state index in [2.05, 4.69) is 24.3 Å². The Labute approximate surface area is 212 Å². The molecule has 2 unspecified atom stereocenters. The standard InChI is InChI=1S/C30H35NO5/c32-26(30-34-25-10-11-27-24(17-25)18-29(35-27)36-30)19-28(33)31-14-12-21(13-15-31)16-20-6-8-23(9-7-20)22-4-2-1-3-5-22/h6-11,17,21-22,29-30H,1-5,12-16,18-19H2. The smallest absolute Gasteiger partial charge is 0.263 e. The molecule has 2 atom stereocenters. The fourth-order valence-electron chi connectivity index (χ4n) is 6.20. The van der Waals surface area contributed by atoms with Crippen LogP contribution in [0.1, 0.15) is 74.0 Å². The molecule has 3 bridgehead atoms. The van der Waals surface area contributed by atoms with Crippen LogP contribution in [0.25, 0.3) is 0 Å². The predicted molar refractivity (Wildman–Crippen MR) is 135 cm³/mol. The van der Waals surface area contributed by atoms with Gasteiger partial charge in [0.25, 0.3) is 6.29 Å². The zero-order valence-corrected chi connectivity index (χ0v) is 20.8. The fraction of sp³-hybridized carbons (Fsp3) is 0.533. The number of amides is 1. The summed E-state index contributed by atoms with van der Waals surface area (Å²) >= 11 is 0. The molecular weight excluding hydrogens is 454 g/mol. The first-order valence-corrected chi connectivity index (χ1v) is 13.6. The molecule has 2 aromatic carbocycles.